The maximum atomic E-state index is 5.59. The first-order chi connectivity index (χ1) is 23.4. The lowest BCUT2D eigenvalue weighted by molar-refractivity contribution is -0.0284. The Morgan fingerprint density at radius 3 is 0.553 bits per heavy atom. The van der Waals surface area contributed by atoms with Gasteiger partial charge in [-0.2, -0.15) is 0 Å². The Hall–Kier alpha value is -0.480. The van der Waals surface area contributed by atoms with Crippen LogP contribution in [0.25, 0.3) is 0 Å². The molecule has 0 aliphatic carbocycles. The van der Waals surface area contributed by atoms with Gasteiger partial charge in [0.05, 0.1) is 145 Å². The lowest BCUT2D eigenvalue weighted by Crippen LogP contribution is -2.15. The Morgan fingerprint density at radius 1 is 0.170 bits per heavy atom. The standard InChI is InChI=1S/C35H72O12/c1-3-5-7-8-9-11-13-37-15-17-39-19-21-41-23-25-43-27-29-45-31-33-47-35-34-46-32-30-44-28-26-42-24-22-40-20-18-38-16-14-36-12-10-6-4-2/h3-35H2,1-2H3. The van der Waals surface area contributed by atoms with E-state index < -0.39 is 0 Å². The molecule has 12 heteroatoms. The van der Waals surface area contributed by atoms with Crippen LogP contribution in [0.2, 0.25) is 0 Å². The van der Waals surface area contributed by atoms with E-state index in [4.69, 9.17) is 56.8 Å². The first kappa shape index (κ1) is 46.5. The molecule has 0 rings (SSSR count). The fraction of sp³-hybridized carbons (Fsp3) is 1.00. The zero-order chi connectivity index (χ0) is 33.8. The third-order valence-electron chi connectivity index (χ3n) is 6.63. The number of hydrogen-bond acceptors (Lipinski definition) is 12. The van der Waals surface area contributed by atoms with Crippen LogP contribution in [0, 0.1) is 0 Å². The summed E-state index contributed by atoms with van der Waals surface area (Å²) in [6.07, 6.45) is 11.2. The lowest BCUT2D eigenvalue weighted by Gasteiger charge is -2.09. The first-order valence-electron chi connectivity index (χ1n) is 18.3. The van der Waals surface area contributed by atoms with Crippen LogP contribution in [-0.4, -0.2) is 159 Å². The minimum Gasteiger partial charge on any atom is -0.379 e. The summed E-state index contributed by atoms with van der Waals surface area (Å²) in [7, 11) is 0. The molecule has 0 saturated carbocycles. The molecule has 0 aromatic rings. The van der Waals surface area contributed by atoms with Gasteiger partial charge >= 0.3 is 0 Å². The molecular weight excluding hydrogens is 612 g/mol. The molecule has 0 bridgehead atoms. The summed E-state index contributed by atoms with van der Waals surface area (Å²) < 4.78 is 66.0. The van der Waals surface area contributed by atoms with E-state index in [1.807, 2.05) is 0 Å². The van der Waals surface area contributed by atoms with Crippen molar-refractivity contribution in [3.05, 3.63) is 0 Å². The Morgan fingerprint density at radius 2 is 0.319 bits per heavy atom. The molecule has 284 valence electrons. The van der Waals surface area contributed by atoms with Crippen LogP contribution in [0.15, 0.2) is 0 Å². The van der Waals surface area contributed by atoms with Crippen LogP contribution < -0.4 is 0 Å². The first-order valence-corrected chi connectivity index (χ1v) is 18.3. The number of ether oxygens (including phenoxy) is 12. The summed E-state index contributed by atoms with van der Waals surface area (Å²) in [5.74, 6) is 0. The van der Waals surface area contributed by atoms with Crippen molar-refractivity contribution in [2.24, 2.45) is 0 Å². The van der Waals surface area contributed by atoms with E-state index in [1.165, 1.54) is 44.9 Å². The molecule has 0 aliphatic rings. The Labute approximate surface area is 287 Å². The zero-order valence-electron chi connectivity index (χ0n) is 30.2. The van der Waals surface area contributed by atoms with Gasteiger partial charge in [-0.25, -0.2) is 0 Å². The van der Waals surface area contributed by atoms with Crippen molar-refractivity contribution in [1.82, 2.24) is 0 Å². The highest BCUT2D eigenvalue weighted by Gasteiger charge is 1.97. The van der Waals surface area contributed by atoms with E-state index in [9.17, 15) is 0 Å². The summed E-state index contributed by atoms with van der Waals surface area (Å²) in [4.78, 5) is 0. The summed E-state index contributed by atoms with van der Waals surface area (Å²) >= 11 is 0. The average Bonchev–Trinajstić information content (AvgIpc) is 3.08. The van der Waals surface area contributed by atoms with Crippen LogP contribution in [0.3, 0.4) is 0 Å². The maximum absolute atomic E-state index is 5.59. The highest BCUT2D eigenvalue weighted by Crippen LogP contribution is 2.04. The molecule has 0 unspecified atom stereocenters. The van der Waals surface area contributed by atoms with Crippen molar-refractivity contribution in [2.45, 2.75) is 71.6 Å². The number of hydrogen-bond donors (Lipinski definition) is 0. The lowest BCUT2D eigenvalue weighted by atomic mass is 10.1. The molecule has 0 spiro atoms. The summed E-state index contributed by atoms with van der Waals surface area (Å²) in [5, 5.41) is 0. The van der Waals surface area contributed by atoms with Crippen molar-refractivity contribution >= 4 is 0 Å². The molecule has 0 heterocycles. The molecule has 0 N–H and O–H groups in total. The van der Waals surface area contributed by atoms with Crippen molar-refractivity contribution in [1.29, 1.82) is 0 Å². The van der Waals surface area contributed by atoms with Crippen molar-refractivity contribution in [3.63, 3.8) is 0 Å². The quantitative estimate of drug-likeness (QED) is 0.0828. The van der Waals surface area contributed by atoms with Gasteiger partial charge in [0.1, 0.15) is 0 Å². The molecule has 0 radical (unpaired) electrons. The second kappa shape index (κ2) is 45.5. The second-order valence-corrected chi connectivity index (χ2v) is 10.8. The van der Waals surface area contributed by atoms with Crippen molar-refractivity contribution in [3.8, 4) is 0 Å². The molecule has 0 aromatic carbocycles. The van der Waals surface area contributed by atoms with Gasteiger partial charge in [-0.05, 0) is 12.8 Å². The molecule has 0 saturated heterocycles. The summed E-state index contributed by atoms with van der Waals surface area (Å²) in [6.45, 7) is 18.3. The van der Waals surface area contributed by atoms with Gasteiger partial charge in [-0.15, -0.1) is 0 Å². The van der Waals surface area contributed by atoms with Crippen LogP contribution in [0.5, 0.6) is 0 Å². The second-order valence-electron chi connectivity index (χ2n) is 10.8. The van der Waals surface area contributed by atoms with Crippen molar-refractivity contribution in [2.75, 3.05) is 159 Å². The smallest absolute Gasteiger partial charge is 0.0701 e. The largest absolute Gasteiger partial charge is 0.379 e. The Bertz CT molecular complexity index is 489. The van der Waals surface area contributed by atoms with Crippen molar-refractivity contribution < 1.29 is 56.8 Å². The molecule has 0 aliphatic heterocycles. The molecule has 47 heavy (non-hydrogen) atoms. The zero-order valence-corrected chi connectivity index (χ0v) is 30.2. The topological polar surface area (TPSA) is 111 Å². The summed E-state index contributed by atoms with van der Waals surface area (Å²) in [6, 6.07) is 0. The molecule has 12 nitrogen and oxygen atoms in total. The van der Waals surface area contributed by atoms with Gasteiger partial charge < -0.3 is 56.8 Å². The highest BCUT2D eigenvalue weighted by molar-refractivity contribution is 4.44. The molecular formula is C35H72O12. The third-order valence-corrected chi connectivity index (χ3v) is 6.63. The SMILES string of the molecule is CCCCCCCCOCCOCCOCCOCCOCCOCCOCCOCCOCCOCCOCCOCCCCC. The van der Waals surface area contributed by atoms with Gasteiger partial charge in [0.2, 0.25) is 0 Å². The Kier molecular flexibility index (Phi) is 45.1. The van der Waals surface area contributed by atoms with E-state index >= 15 is 0 Å². The van der Waals surface area contributed by atoms with E-state index in [1.54, 1.807) is 0 Å². The number of unbranched alkanes of at least 4 members (excludes halogenated alkanes) is 7. The van der Waals surface area contributed by atoms with Crippen LogP contribution in [0.1, 0.15) is 71.6 Å². The summed E-state index contributed by atoms with van der Waals surface area (Å²) in [5.41, 5.74) is 0. The highest BCUT2D eigenvalue weighted by atomic mass is 16.6. The molecule has 0 amide bonds. The van der Waals surface area contributed by atoms with Gasteiger partial charge in [0.15, 0.2) is 0 Å². The number of rotatable bonds is 44. The minimum absolute atomic E-state index is 0.522. The Balaban J connectivity index is 3.03. The third kappa shape index (κ3) is 45.5. The predicted octanol–water partition coefficient (Wildman–Crippen LogP) is 4.74. The van der Waals surface area contributed by atoms with Crippen LogP contribution in [0.4, 0.5) is 0 Å². The normalized spacial score (nSPS) is 11.6. The van der Waals surface area contributed by atoms with Crippen LogP contribution in [-0.2, 0) is 56.8 Å². The maximum Gasteiger partial charge on any atom is 0.0701 e. The monoisotopic (exact) mass is 685 g/mol. The van der Waals surface area contributed by atoms with Gasteiger partial charge in [0.25, 0.3) is 0 Å². The van der Waals surface area contributed by atoms with Gasteiger partial charge in [-0.1, -0.05) is 58.8 Å². The van der Waals surface area contributed by atoms with E-state index in [0.29, 0.717) is 145 Å². The minimum atomic E-state index is 0.522. The van der Waals surface area contributed by atoms with E-state index in [-0.39, 0.29) is 0 Å². The van der Waals surface area contributed by atoms with E-state index in [0.717, 1.165) is 26.1 Å². The van der Waals surface area contributed by atoms with E-state index in [2.05, 4.69) is 13.8 Å². The molecule has 0 fully saturated rings. The average molecular weight is 685 g/mol. The molecule has 0 atom stereocenters. The van der Waals surface area contributed by atoms with Gasteiger partial charge in [0, 0.05) is 13.2 Å². The molecule has 0 aromatic heterocycles. The fourth-order valence-electron chi connectivity index (χ4n) is 3.96. The fourth-order valence-corrected chi connectivity index (χ4v) is 3.96. The predicted molar refractivity (Wildman–Crippen MR) is 183 cm³/mol. The van der Waals surface area contributed by atoms with Gasteiger partial charge in [-0.3, -0.25) is 0 Å². The van der Waals surface area contributed by atoms with Crippen LogP contribution >= 0.6 is 0 Å².